The molecule has 0 radical (unpaired) electrons. The largest absolute Gasteiger partial charge is 0.369 e. The number of amides is 1. The summed E-state index contributed by atoms with van der Waals surface area (Å²) >= 11 is 0. The van der Waals surface area contributed by atoms with Crippen LogP contribution in [0.1, 0.15) is 29.8 Å². The summed E-state index contributed by atoms with van der Waals surface area (Å²) in [4.78, 5) is 16.6. The molecule has 0 bridgehead atoms. The smallest absolute Gasteiger partial charge is 0.278 e. The molecule has 23 heavy (non-hydrogen) atoms. The zero-order chi connectivity index (χ0) is 16.4. The van der Waals surface area contributed by atoms with Gasteiger partial charge in [0, 0.05) is 18.1 Å². The Hall–Kier alpha value is -2.53. The van der Waals surface area contributed by atoms with Crippen LogP contribution in [0.5, 0.6) is 0 Å². The molecule has 0 fully saturated rings. The molecule has 2 heterocycles. The lowest BCUT2D eigenvalue weighted by atomic mass is 9.87. The highest BCUT2D eigenvalue weighted by Crippen LogP contribution is 2.34. The molecule has 0 saturated carbocycles. The summed E-state index contributed by atoms with van der Waals surface area (Å²) in [6.07, 6.45) is 3.71. The van der Waals surface area contributed by atoms with E-state index < -0.39 is 5.72 Å². The van der Waals surface area contributed by atoms with Crippen LogP contribution in [0, 0.1) is 5.92 Å². The van der Waals surface area contributed by atoms with E-state index in [1.54, 1.807) is 25.3 Å². The minimum atomic E-state index is -1.37. The van der Waals surface area contributed by atoms with Crippen LogP contribution < -0.4 is 0 Å². The quantitative estimate of drug-likeness (QED) is 0.947. The predicted molar refractivity (Wildman–Crippen MR) is 87.8 cm³/mol. The van der Waals surface area contributed by atoms with Crippen molar-refractivity contribution in [2.75, 3.05) is 0 Å². The number of aromatic nitrogens is 1. The third-order valence-electron chi connectivity index (χ3n) is 4.23. The normalized spacial score (nSPS) is 23.7. The molecule has 0 saturated heterocycles. The molecule has 1 aromatic carbocycles. The van der Waals surface area contributed by atoms with E-state index in [4.69, 9.17) is 0 Å². The van der Waals surface area contributed by atoms with Crippen LogP contribution in [0.4, 0.5) is 0 Å². The monoisotopic (exact) mass is 309 g/mol. The lowest BCUT2D eigenvalue weighted by Gasteiger charge is -2.32. The standard InChI is InChI=1S/C18H19N3O2/c1-13-16(11-14-7-4-3-5-8-14)18(2,23)21(20-13)17(22)15-9-6-10-19-12-15/h3-10,12,16,23H,11H2,1-2H3/t16-,18-/m1/s1. The van der Waals surface area contributed by atoms with Crippen molar-refractivity contribution in [3.63, 3.8) is 0 Å². The maximum atomic E-state index is 12.6. The first-order valence-electron chi connectivity index (χ1n) is 7.56. The molecule has 5 nitrogen and oxygen atoms in total. The first-order chi connectivity index (χ1) is 11.0. The van der Waals surface area contributed by atoms with Gasteiger partial charge in [-0.15, -0.1) is 0 Å². The van der Waals surface area contributed by atoms with E-state index in [0.29, 0.717) is 12.0 Å². The highest BCUT2D eigenvalue weighted by Gasteiger charge is 2.47. The second kappa shape index (κ2) is 5.93. The number of carbonyl (C=O) groups is 1. The lowest BCUT2D eigenvalue weighted by molar-refractivity contribution is -0.0824. The highest BCUT2D eigenvalue weighted by molar-refractivity contribution is 5.98. The molecule has 1 aliphatic rings. The Morgan fingerprint density at radius 1 is 1.26 bits per heavy atom. The van der Waals surface area contributed by atoms with Crippen LogP contribution in [0.3, 0.4) is 0 Å². The molecular formula is C18H19N3O2. The average molecular weight is 309 g/mol. The van der Waals surface area contributed by atoms with Crippen LogP contribution in [-0.4, -0.2) is 32.4 Å². The molecule has 2 aromatic rings. The summed E-state index contributed by atoms with van der Waals surface area (Å²) in [7, 11) is 0. The fraction of sp³-hybridized carbons (Fsp3) is 0.278. The number of hydrogen-bond donors (Lipinski definition) is 1. The van der Waals surface area contributed by atoms with Gasteiger partial charge in [0.2, 0.25) is 0 Å². The number of hydrazone groups is 1. The van der Waals surface area contributed by atoms with Crippen molar-refractivity contribution >= 4 is 11.6 Å². The fourth-order valence-electron chi connectivity index (χ4n) is 2.93. The summed E-state index contributed by atoms with van der Waals surface area (Å²) in [6, 6.07) is 13.3. The van der Waals surface area contributed by atoms with Gasteiger partial charge in [-0.1, -0.05) is 30.3 Å². The molecule has 1 aromatic heterocycles. The van der Waals surface area contributed by atoms with E-state index in [-0.39, 0.29) is 11.8 Å². The topological polar surface area (TPSA) is 65.8 Å². The van der Waals surface area contributed by atoms with E-state index in [1.165, 1.54) is 11.2 Å². The summed E-state index contributed by atoms with van der Waals surface area (Å²) in [5.41, 5.74) is 0.885. The first-order valence-corrected chi connectivity index (χ1v) is 7.56. The molecule has 5 heteroatoms. The van der Waals surface area contributed by atoms with Crippen LogP contribution in [0.15, 0.2) is 60.0 Å². The van der Waals surface area contributed by atoms with E-state index in [1.807, 2.05) is 37.3 Å². The van der Waals surface area contributed by atoms with Crippen molar-refractivity contribution < 1.29 is 9.90 Å². The van der Waals surface area contributed by atoms with Gasteiger partial charge in [0.05, 0.1) is 11.5 Å². The van der Waals surface area contributed by atoms with E-state index in [9.17, 15) is 9.90 Å². The Bertz CT molecular complexity index is 726. The lowest BCUT2D eigenvalue weighted by Crippen LogP contribution is -2.49. The molecule has 0 unspecified atom stereocenters. The van der Waals surface area contributed by atoms with Crippen molar-refractivity contribution in [1.82, 2.24) is 9.99 Å². The predicted octanol–water partition coefficient (Wildman–Crippen LogP) is 2.48. The number of rotatable bonds is 3. The molecule has 3 rings (SSSR count). The minimum Gasteiger partial charge on any atom is -0.369 e. The number of benzene rings is 1. The molecule has 0 spiro atoms. The summed E-state index contributed by atoms with van der Waals surface area (Å²) in [5, 5.41) is 16.4. The molecule has 0 aliphatic carbocycles. The number of hydrogen-bond acceptors (Lipinski definition) is 4. The van der Waals surface area contributed by atoms with Crippen molar-refractivity contribution in [2.45, 2.75) is 26.0 Å². The number of pyridine rings is 1. The third kappa shape index (κ3) is 2.87. The average Bonchev–Trinajstić information content (AvgIpc) is 2.79. The van der Waals surface area contributed by atoms with E-state index >= 15 is 0 Å². The molecular weight excluding hydrogens is 290 g/mol. The van der Waals surface area contributed by atoms with E-state index in [0.717, 1.165) is 11.3 Å². The van der Waals surface area contributed by atoms with Gasteiger partial charge in [0.1, 0.15) is 0 Å². The van der Waals surface area contributed by atoms with Crippen molar-refractivity contribution in [1.29, 1.82) is 0 Å². The van der Waals surface area contributed by atoms with Gasteiger partial charge in [-0.25, -0.2) is 0 Å². The van der Waals surface area contributed by atoms with Gasteiger partial charge in [0.25, 0.3) is 5.91 Å². The van der Waals surface area contributed by atoms with Crippen LogP contribution in [-0.2, 0) is 6.42 Å². The van der Waals surface area contributed by atoms with Crippen LogP contribution >= 0.6 is 0 Å². The molecule has 1 aliphatic heterocycles. The maximum absolute atomic E-state index is 12.6. The zero-order valence-electron chi connectivity index (χ0n) is 13.2. The second-order valence-electron chi connectivity index (χ2n) is 5.94. The number of carbonyl (C=O) groups excluding carboxylic acids is 1. The molecule has 118 valence electrons. The summed E-state index contributed by atoms with van der Waals surface area (Å²) in [5.74, 6) is -0.594. The molecule has 1 N–H and O–H groups in total. The van der Waals surface area contributed by atoms with Gasteiger partial charge in [-0.05, 0) is 38.0 Å². The first kappa shape index (κ1) is 15.4. The van der Waals surface area contributed by atoms with Crippen molar-refractivity contribution in [3.8, 4) is 0 Å². The number of aliphatic hydroxyl groups is 1. The van der Waals surface area contributed by atoms with Gasteiger partial charge < -0.3 is 5.11 Å². The van der Waals surface area contributed by atoms with E-state index in [2.05, 4.69) is 10.1 Å². The van der Waals surface area contributed by atoms with Crippen LogP contribution in [0.25, 0.3) is 0 Å². The third-order valence-corrected chi connectivity index (χ3v) is 4.23. The minimum absolute atomic E-state index is 0.245. The summed E-state index contributed by atoms with van der Waals surface area (Å²) < 4.78 is 0. The SMILES string of the molecule is CC1=NN(C(=O)c2cccnc2)[C@](C)(O)[C@@H]1Cc1ccccc1. The Kier molecular flexibility index (Phi) is 3.96. The van der Waals surface area contributed by atoms with Crippen LogP contribution in [0.2, 0.25) is 0 Å². The Morgan fingerprint density at radius 3 is 2.65 bits per heavy atom. The van der Waals surface area contributed by atoms with Crippen molar-refractivity contribution in [3.05, 3.63) is 66.0 Å². The van der Waals surface area contributed by atoms with Gasteiger partial charge in [-0.2, -0.15) is 10.1 Å². The Morgan fingerprint density at radius 2 is 2.00 bits per heavy atom. The van der Waals surface area contributed by atoms with Gasteiger partial charge in [-0.3, -0.25) is 9.78 Å². The van der Waals surface area contributed by atoms with Crippen molar-refractivity contribution in [2.24, 2.45) is 11.0 Å². The second-order valence-corrected chi connectivity index (χ2v) is 5.94. The van der Waals surface area contributed by atoms with Gasteiger partial charge >= 0.3 is 0 Å². The summed E-state index contributed by atoms with van der Waals surface area (Å²) in [6.45, 7) is 3.48. The molecule has 1 amide bonds. The zero-order valence-corrected chi connectivity index (χ0v) is 13.2. The Labute approximate surface area is 135 Å². The maximum Gasteiger partial charge on any atom is 0.278 e. The fourth-order valence-corrected chi connectivity index (χ4v) is 2.93. The Balaban J connectivity index is 1.86. The van der Waals surface area contributed by atoms with Gasteiger partial charge in [0.15, 0.2) is 5.72 Å². The molecule has 2 atom stereocenters. The number of nitrogens with zero attached hydrogens (tertiary/aromatic N) is 3. The highest BCUT2D eigenvalue weighted by atomic mass is 16.3.